The maximum atomic E-state index is 13.0. The van der Waals surface area contributed by atoms with Gasteiger partial charge in [0.05, 0.1) is 16.5 Å². The van der Waals surface area contributed by atoms with Crippen LogP contribution >= 0.6 is 0 Å². The molecule has 0 fully saturated rings. The van der Waals surface area contributed by atoms with Crippen molar-refractivity contribution in [2.24, 2.45) is 0 Å². The van der Waals surface area contributed by atoms with Crippen molar-refractivity contribution in [2.75, 3.05) is 0 Å². The number of nitrogens with zero attached hydrogens (tertiary/aromatic N) is 2. The van der Waals surface area contributed by atoms with Crippen LogP contribution in [-0.4, -0.2) is 27.0 Å². The molecule has 43 heavy (non-hydrogen) atoms. The SMILES string of the molecule is CC(NC(=O)c1ccc2c(ccn2Cc2ccc(-c3cccc(C(=O)OC(C)(C)C)c3)cc2)c1)c1ccc([N+](=O)[O-])cc1. The molecule has 8 nitrogen and oxygen atoms in total. The Balaban J connectivity index is 1.25. The fraction of sp³-hybridized carbons (Fsp3) is 0.200. The highest BCUT2D eigenvalue weighted by Gasteiger charge is 2.18. The summed E-state index contributed by atoms with van der Waals surface area (Å²) in [5, 5.41) is 14.8. The minimum Gasteiger partial charge on any atom is -0.456 e. The number of rotatable bonds is 8. The Morgan fingerprint density at radius 3 is 2.28 bits per heavy atom. The third-order valence-corrected chi connectivity index (χ3v) is 7.12. The molecule has 1 atom stereocenters. The molecule has 4 aromatic carbocycles. The first-order valence-corrected chi connectivity index (χ1v) is 14.0. The number of carbonyl (C=O) groups is 2. The van der Waals surface area contributed by atoms with Crippen LogP contribution in [0.3, 0.4) is 0 Å². The third kappa shape index (κ3) is 6.98. The molecule has 0 aliphatic carbocycles. The Hall–Kier alpha value is -5.24. The molecule has 1 heterocycles. The fourth-order valence-electron chi connectivity index (χ4n) is 4.89. The van der Waals surface area contributed by atoms with Crippen LogP contribution in [0.1, 0.15) is 65.6 Å². The summed E-state index contributed by atoms with van der Waals surface area (Å²) in [4.78, 5) is 35.9. The summed E-state index contributed by atoms with van der Waals surface area (Å²) < 4.78 is 7.64. The van der Waals surface area contributed by atoms with E-state index in [0.717, 1.165) is 33.2 Å². The largest absolute Gasteiger partial charge is 0.456 e. The molecular formula is C35H33N3O5. The number of aromatic nitrogens is 1. The minimum absolute atomic E-state index is 0.0123. The number of non-ortho nitro benzene ring substituents is 1. The van der Waals surface area contributed by atoms with Crippen molar-refractivity contribution in [2.45, 2.75) is 45.9 Å². The molecule has 218 valence electrons. The summed E-state index contributed by atoms with van der Waals surface area (Å²) in [6.07, 6.45) is 2.00. The molecule has 0 spiro atoms. The summed E-state index contributed by atoms with van der Waals surface area (Å²) in [5.41, 5.74) is 5.37. The average Bonchev–Trinajstić information content (AvgIpc) is 3.38. The van der Waals surface area contributed by atoms with E-state index in [1.807, 2.05) is 82.4 Å². The summed E-state index contributed by atoms with van der Waals surface area (Å²) >= 11 is 0. The number of nitrogens with one attached hydrogen (secondary N) is 1. The lowest BCUT2D eigenvalue weighted by Crippen LogP contribution is -2.26. The van der Waals surface area contributed by atoms with E-state index in [2.05, 4.69) is 22.0 Å². The van der Waals surface area contributed by atoms with Crippen LogP contribution < -0.4 is 5.32 Å². The first kappa shape index (κ1) is 29.3. The molecule has 0 radical (unpaired) electrons. The molecule has 1 N–H and O–H groups in total. The van der Waals surface area contributed by atoms with Gasteiger partial charge >= 0.3 is 5.97 Å². The molecule has 5 aromatic rings. The quantitative estimate of drug-likeness (QED) is 0.116. The predicted molar refractivity (Wildman–Crippen MR) is 167 cm³/mol. The topological polar surface area (TPSA) is 103 Å². The lowest BCUT2D eigenvalue weighted by molar-refractivity contribution is -0.384. The van der Waals surface area contributed by atoms with Crippen molar-refractivity contribution >= 4 is 28.5 Å². The van der Waals surface area contributed by atoms with Gasteiger partial charge in [-0.15, -0.1) is 0 Å². The fourth-order valence-corrected chi connectivity index (χ4v) is 4.89. The molecule has 1 unspecified atom stereocenters. The van der Waals surface area contributed by atoms with Crippen LogP contribution in [0.15, 0.2) is 103 Å². The molecule has 0 saturated carbocycles. The molecule has 8 heteroatoms. The second kappa shape index (κ2) is 11.9. The van der Waals surface area contributed by atoms with Gasteiger partial charge < -0.3 is 14.6 Å². The van der Waals surface area contributed by atoms with Crippen LogP contribution in [0.2, 0.25) is 0 Å². The van der Waals surface area contributed by atoms with Gasteiger partial charge in [0.2, 0.25) is 0 Å². The first-order chi connectivity index (χ1) is 20.5. The van der Waals surface area contributed by atoms with Crippen molar-refractivity contribution in [3.8, 4) is 11.1 Å². The second-order valence-electron chi connectivity index (χ2n) is 11.5. The number of esters is 1. The maximum absolute atomic E-state index is 13.0. The number of carbonyl (C=O) groups excluding carboxylic acids is 2. The Bertz CT molecular complexity index is 1800. The Kier molecular flexibility index (Phi) is 8.12. The Morgan fingerprint density at radius 2 is 1.60 bits per heavy atom. The van der Waals surface area contributed by atoms with E-state index < -0.39 is 10.5 Å². The first-order valence-electron chi connectivity index (χ1n) is 14.0. The number of benzene rings is 4. The lowest BCUT2D eigenvalue weighted by Gasteiger charge is -2.19. The third-order valence-electron chi connectivity index (χ3n) is 7.12. The molecule has 0 bridgehead atoms. The van der Waals surface area contributed by atoms with Crippen LogP contribution in [0.25, 0.3) is 22.0 Å². The number of hydrogen-bond donors (Lipinski definition) is 1. The number of hydrogen-bond acceptors (Lipinski definition) is 5. The highest BCUT2D eigenvalue weighted by molar-refractivity contribution is 5.98. The molecular weight excluding hydrogens is 542 g/mol. The molecule has 5 rings (SSSR count). The highest BCUT2D eigenvalue weighted by atomic mass is 16.6. The monoisotopic (exact) mass is 575 g/mol. The van der Waals surface area contributed by atoms with Gasteiger partial charge in [-0.3, -0.25) is 14.9 Å². The van der Waals surface area contributed by atoms with E-state index in [1.54, 1.807) is 24.3 Å². The van der Waals surface area contributed by atoms with Crippen molar-refractivity contribution in [1.82, 2.24) is 9.88 Å². The lowest BCUT2D eigenvalue weighted by atomic mass is 10.0. The number of fused-ring (bicyclic) bond motifs is 1. The molecule has 0 aliphatic heterocycles. The zero-order chi connectivity index (χ0) is 30.7. The summed E-state index contributed by atoms with van der Waals surface area (Å²) in [6.45, 7) is 8.06. The summed E-state index contributed by atoms with van der Waals surface area (Å²) in [5.74, 6) is -0.558. The molecule has 1 aromatic heterocycles. The normalized spacial score (nSPS) is 12.1. The Labute approximate surface area is 250 Å². The maximum Gasteiger partial charge on any atom is 0.338 e. The molecule has 0 saturated heterocycles. The van der Waals surface area contributed by atoms with Crippen molar-refractivity contribution in [3.63, 3.8) is 0 Å². The molecule has 1 amide bonds. The average molecular weight is 576 g/mol. The number of amides is 1. The second-order valence-corrected chi connectivity index (χ2v) is 11.5. The Morgan fingerprint density at radius 1 is 0.884 bits per heavy atom. The van der Waals surface area contributed by atoms with E-state index in [4.69, 9.17) is 4.74 Å². The van der Waals surface area contributed by atoms with E-state index in [1.165, 1.54) is 12.1 Å². The van der Waals surface area contributed by atoms with E-state index in [9.17, 15) is 19.7 Å². The van der Waals surface area contributed by atoms with Crippen LogP contribution in [0, 0.1) is 10.1 Å². The summed E-state index contributed by atoms with van der Waals surface area (Å²) in [6, 6.07) is 29.1. The van der Waals surface area contributed by atoms with Crippen LogP contribution in [0.4, 0.5) is 5.69 Å². The van der Waals surface area contributed by atoms with Gasteiger partial charge in [-0.05, 0) is 86.3 Å². The standard InChI is InChI=1S/C35H33N3O5/c1-23(25-12-15-31(16-13-25)38(41)42)36-33(39)29-14-17-32-28(21-29)18-19-37(32)22-24-8-10-26(11-9-24)27-6-5-7-30(20-27)34(40)43-35(2,3)4/h5-21,23H,22H2,1-4H3,(H,36,39). The van der Waals surface area contributed by atoms with Gasteiger partial charge in [-0.2, -0.15) is 0 Å². The van der Waals surface area contributed by atoms with E-state index >= 15 is 0 Å². The molecule has 0 aliphatic rings. The zero-order valence-electron chi connectivity index (χ0n) is 24.5. The van der Waals surface area contributed by atoms with Gasteiger partial charge in [0.1, 0.15) is 5.60 Å². The number of nitro groups is 1. The van der Waals surface area contributed by atoms with Crippen molar-refractivity contribution < 1.29 is 19.2 Å². The van der Waals surface area contributed by atoms with Gasteiger partial charge in [0.15, 0.2) is 0 Å². The van der Waals surface area contributed by atoms with Gasteiger partial charge in [0.25, 0.3) is 11.6 Å². The van der Waals surface area contributed by atoms with Gasteiger partial charge in [-0.25, -0.2) is 4.79 Å². The van der Waals surface area contributed by atoms with E-state index in [0.29, 0.717) is 17.7 Å². The summed E-state index contributed by atoms with van der Waals surface area (Å²) in [7, 11) is 0. The van der Waals surface area contributed by atoms with Crippen LogP contribution in [0.5, 0.6) is 0 Å². The smallest absolute Gasteiger partial charge is 0.338 e. The van der Waals surface area contributed by atoms with E-state index in [-0.39, 0.29) is 23.6 Å². The van der Waals surface area contributed by atoms with Gasteiger partial charge in [0, 0.05) is 41.3 Å². The van der Waals surface area contributed by atoms with Crippen molar-refractivity contribution in [1.29, 1.82) is 0 Å². The number of ether oxygens (including phenoxy) is 1. The van der Waals surface area contributed by atoms with Crippen LogP contribution in [-0.2, 0) is 11.3 Å². The zero-order valence-corrected chi connectivity index (χ0v) is 24.5. The predicted octanol–water partition coefficient (Wildman–Crippen LogP) is 7.71. The highest BCUT2D eigenvalue weighted by Crippen LogP contribution is 2.25. The van der Waals surface area contributed by atoms with Gasteiger partial charge in [-0.1, -0.05) is 48.5 Å². The minimum atomic E-state index is -0.554. The van der Waals surface area contributed by atoms with Crippen molar-refractivity contribution in [3.05, 3.63) is 136 Å². The number of nitro benzene ring substituents is 1.